The fraction of sp³-hybridized carbons (Fsp3) is 0.818. The SMILES string of the molecule is CC(=O)[C@@]1(C)CC[C@H]2[C@@H]3CCC4=CC(=O)CC[C@]4(C)[C@H]3CC[C@@]21C. The normalized spacial score (nSPS) is 50.6. The van der Waals surface area contributed by atoms with Crippen molar-refractivity contribution in [3.8, 4) is 0 Å². The van der Waals surface area contributed by atoms with Crippen LogP contribution >= 0.6 is 0 Å². The monoisotopic (exact) mass is 328 g/mol. The average Bonchev–Trinajstić information content (AvgIpc) is 2.81. The van der Waals surface area contributed by atoms with Gasteiger partial charge in [-0.15, -0.1) is 0 Å². The van der Waals surface area contributed by atoms with Gasteiger partial charge < -0.3 is 0 Å². The van der Waals surface area contributed by atoms with Gasteiger partial charge in [-0.25, -0.2) is 0 Å². The lowest BCUT2D eigenvalue weighted by Crippen LogP contribution is -2.53. The maximum atomic E-state index is 12.5. The van der Waals surface area contributed by atoms with E-state index in [9.17, 15) is 9.59 Å². The first-order chi connectivity index (χ1) is 11.2. The van der Waals surface area contributed by atoms with Crippen LogP contribution in [0.2, 0.25) is 0 Å². The highest BCUT2D eigenvalue weighted by atomic mass is 16.1. The standard InChI is InChI=1S/C22H32O2/c1-14(23)21(3)11-9-19-17-6-5-15-13-16(24)7-10-20(15,2)18(17)8-12-22(19,21)4/h13,17-19H,5-12H2,1-4H3/t17-,18+,19+,20+,21-,22+/m1/s1. The van der Waals surface area contributed by atoms with Gasteiger partial charge in [0, 0.05) is 11.8 Å². The van der Waals surface area contributed by atoms with E-state index in [0.29, 0.717) is 17.5 Å². The first-order valence-corrected chi connectivity index (χ1v) is 9.97. The molecule has 3 saturated carbocycles. The molecule has 4 aliphatic carbocycles. The number of ketones is 2. The van der Waals surface area contributed by atoms with Crippen molar-refractivity contribution in [2.45, 2.75) is 79.1 Å². The first-order valence-electron chi connectivity index (χ1n) is 9.97. The number of rotatable bonds is 1. The second kappa shape index (κ2) is 5.05. The summed E-state index contributed by atoms with van der Waals surface area (Å²) in [7, 11) is 0. The molecular formula is C22H32O2. The summed E-state index contributed by atoms with van der Waals surface area (Å²) < 4.78 is 0. The minimum absolute atomic E-state index is 0.123. The van der Waals surface area contributed by atoms with Crippen molar-refractivity contribution in [2.75, 3.05) is 0 Å². The highest BCUT2D eigenvalue weighted by Gasteiger charge is 2.63. The number of carbonyl (C=O) groups excluding carboxylic acids is 2. The molecule has 0 spiro atoms. The van der Waals surface area contributed by atoms with Gasteiger partial charge in [-0.3, -0.25) is 9.59 Å². The van der Waals surface area contributed by atoms with Crippen LogP contribution in [0.3, 0.4) is 0 Å². The Kier molecular flexibility index (Phi) is 3.48. The molecule has 2 heteroatoms. The topological polar surface area (TPSA) is 34.1 Å². The lowest BCUT2D eigenvalue weighted by atomic mass is 9.45. The number of fused-ring (bicyclic) bond motifs is 5. The number of allylic oxidation sites excluding steroid dienone is 1. The number of carbonyl (C=O) groups is 2. The minimum Gasteiger partial charge on any atom is -0.299 e. The van der Waals surface area contributed by atoms with Crippen molar-refractivity contribution < 1.29 is 9.59 Å². The molecule has 0 bridgehead atoms. The lowest BCUT2D eigenvalue weighted by molar-refractivity contribution is -0.139. The van der Waals surface area contributed by atoms with Gasteiger partial charge in [0.25, 0.3) is 0 Å². The molecule has 0 aromatic carbocycles. The van der Waals surface area contributed by atoms with Gasteiger partial charge in [0.15, 0.2) is 5.78 Å². The van der Waals surface area contributed by atoms with Crippen molar-refractivity contribution in [2.24, 2.45) is 34.0 Å². The maximum absolute atomic E-state index is 12.5. The first kappa shape index (κ1) is 16.5. The molecule has 4 aliphatic rings. The third-order valence-corrected chi connectivity index (χ3v) is 9.34. The van der Waals surface area contributed by atoms with E-state index in [1.165, 1.54) is 31.3 Å². The summed E-state index contributed by atoms with van der Waals surface area (Å²) in [5.74, 6) is 2.91. The van der Waals surface area contributed by atoms with Crippen molar-refractivity contribution in [1.29, 1.82) is 0 Å². The van der Waals surface area contributed by atoms with Crippen molar-refractivity contribution >= 4 is 11.6 Å². The smallest absolute Gasteiger partial charge is 0.155 e. The Morgan fingerprint density at radius 2 is 1.71 bits per heavy atom. The second-order valence-corrected chi connectivity index (χ2v) is 9.85. The van der Waals surface area contributed by atoms with E-state index in [2.05, 4.69) is 20.8 Å². The number of Topliss-reactive ketones (excluding diaryl/α,β-unsaturated/α-hetero) is 1. The Bertz CT molecular complexity index is 632. The van der Waals surface area contributed by atoms with E-state index in [4.69, 9.17) is 0 Å². The van der Waals surface area contributed by atoms with E-state index in [1.54, 1.807) is 0 Å². The average molecular weight is 328 g/mol. The molecule has 132 valence electrons. The minimum atomic E-state index is -0.123. The summed E-state index contributed by atoms with van der Waals surface area (Å²) in [5.41, 5.74) is 1.74. The van der Waals surface area contributed by atoms with E-state index in [0.717, 1.165) is 37.5 Å². The summed E-state index contributed by atoms with van der Waals surface area (Å²) in [5, 5.41) is 0. The number of hydrogen-bond acceptors (Lipinski definition) is 2. The molecule has 0 unspecified atom stereocenters. The van der Waals surface area contributed by atoms with Crippen molar-refractivity contribution in [1.82, 2.24) is 0 Å². The van der Waals surface area contributed by atoms with Gasteiger partial charge in [-0.1, -0.05) is 26.3 Å². The van der Waals surface area contributed by atoms with Crippen LogP contribution in [0.4, 0.5) is 0 Å². The second-order valence-electron chi connectivity index (χ2n) is 9.85. The Morgan fingerprint density at radius 3 is 2.42 bits per heavy atom. The van der Waals surface area contributed by atoms with Crippen LogP contribution in [0.25, 0.3) is 0 Å². The Morgan fingerprint density at radius 1 is 1.00 bits per heavy atom. The van der Waals surface area contributed by atoms with Crippen molar-refractivity contribution in [3.63, 3.8) is 0 Å². The molecule has 4 rings (SSSR count). The van der Waals surface area contributed by atoms with E-state index < -0.39 is 0 Å². The summed E-state index contributed by atoms with van der Waals surface area (Å²) in [6.45, 7) is 8.91. The fourth-order valence-electron chi connectivity index (χ4n) is 7.40. The molecule has 0 amide bonds. The predicted molar refractivity (Wildman–Crippen MR) is 95.5 cm³/mol. The van der Waals surface area contributed by atoms with Crippen LogP contribution in [0.5, 0.6) is 0 Å². The Balaban J connectivity index is 1.70. The van der Waals surface area contributed by atoms with Gasteiger partial charge in [0.2, 0.25) is 0 Å². The third kappa shape index (κ3) is 1.89. The Labute approximate surface area is 146 Å². The zero-order valence-corrected chi connectivity index (χ0v) is 15.8. The highest BCUT2D eigenvalue weighted by molar-refractivity contribution is 5.91. The van der Waals surface area contributed by atoms with Crippen LogP contribution in [0.15, 0.2) is 11.6 Å². The third-order valence-electron chi connectivity index (χ3n) is 9.34. The Hall–Kier alpha value is -0.920. The maximum Gasteiger partial charge on any atom is 0.155 e. The zero-order valence-electron chi connectivity index (χ0n) is 15.8. The predicted octanol–water partition coefficient (Wildman–Crippen LogP) is 5.11. The van der Waals surface area contributed by atoms with Crippen LogP contribution < -0.4 is 0 Å². The largest absolute Gasteiger partial charge is 0.299 e. The molecule has 2 nitrogen and oxygen atoms in total. The van der Waals surface area contributed by atoms with Crippen molar-refractivity contribution in [3.05, 3.63) is 11.6 Å². The summed E-state index contributed by atoms with van der Waals surface area (Å²) in [4.78, 5) is 24.4. The van der Waals surface area contributed by atoms with Gasteiger partial charge in [-0.2, -0.15) is 0 Å². The molecule has 0 radical (unpaired) electrons. The zero-order chi connectivity index (χ0) is 17.3. The molecule has 0 saturated heterocycles. The van der Waals surface area contributed by atoms with Crippen LogP contribution in [0, 0.1) is 34.0 Å². The molecular weight excluding hydrogens is 296 g/mol. The molecule has 0 aromatic heterocycles. The molecule has 3 fully saturated rings. The summed E-state index contributed by atoms with van der Waals surface area (Å²) >= 11 is 0. The summed E-state index contributed by atoms with van der Waals surface area (Å²) in [6, 6.07) is 0. The molecule has 0 heterocycles. The molecule has 24 heavy (non-hydrogen) atoms. The lowest BCUT2D eigenvalue weighted by Gasteiger charge is -2.59. The van der Waals surface area contributed by atoms with Crippen LogP contribution in [-0.2, 0) is 9.59 Å². The van der Waals surface area contributed by atoms with E-state index in [-0.39, 0.29) is 16.2 Å². The molecule has 0 aromatic rings. The quantitative estimate of drug-likeness (QED) is 0.670. The number of hydrogen-bond donors (Lipinski definition) is 0. The summed E-state index contributed by atoms with van der Waals surface area (Å²) in [6.07, 6.45) is 10.8. The van der Waals surface area contributed by atoms with Gasteiger partial charge in [0.05, 0.1) is 0 Å². The van der Waals surface area contributed by atoms with Gasteiger partial charge in [-0.05, 0) is 86.5 Å². The van der Waals surface area contributed by atoms with Gasteiger partial charge >= 0.3 is 0 Å². The molecule has 6 atom stereocenters. The molecule has 0 N–H and O–H groups in total. The van der Waals surface area contributed by atoms with Crippen LogP contribution in [0.1, 0.15) is 79.1 Å². The molecule has 0 aliphatic heterocycles. The highest BCUT2D eigenvalue weighted by Crippen LogP contribution is 2.69. The van der Waals surface area contributed by atoms with Crippen LogP contribution in [-0.4, -0.2) is 11.6 Å². The van der Waals surface area contributed by atoms with E-state index >= 15 is 0 Å². The van der Waals surface area contributed by atoms with E-state index in [1.807, 2.05) is 13.0 Å². The fourth-order valence-corrected chi connectivity index (χ4v) is 7.40. The van der Waals surface area contributed by atoms with Gasteiger partial charge in [0.1, 0.15) is 5.78 Å².